The van der Waals surface area contributed by atoms with Crippen LogP contribution in [0.15, 0.2) is 58.5 Å². The van der Waals surface area contributed by atoms with Crippen LogP contribution in [0.4, 0.5) is 18.9 Å². The number of nitrogens with zero attached hydrogens (tertiary/aromatic N) is 3. The van der Waals surface area contributed by atoms with Gasteiger partial charge in [-0.15, -0.1) is 11.3 Å². The van der Waals surface area contributed by atoms with Gasteiger partial charge in [-0.1, -0.05) is 17.8 Å². The lowest BCUT2D eigenvalue weighted by Gasteiger charge is -2.30. The van der Waals surface area contributed by atoms with Crippen LogP contribution < -0.4 is 15.6 Å². The van der Waals surface area contributed by atoms with E-state index in [1.807, 2.05) is 6.92 Å². The van der Waals surface area contributed by atoms with Crippen LogP contribution in [0, 0.1) is 0 Å². The largest absolute Gasteiger partial charge is 0.494 e. The summed E-state index contributed by atoms with van der Waals surface area (Å²) in [7, 11) is 0. The van der Waals surface area contributed by atoms with E-state index in [-0.39, 0.29) is 17.0 Å². The fraction of sp³-hybridized carbons (Fsp3) is 0.345. The number of thiophene rings is 1. The summed E-state index contributed by atoms with van der Waals surface area (Å²) in [6.07, 6.45) is -3.77. The van der Waals surface area contributed by atoms with Gasteiger partial charge in [0.15, 0.2) is 5.16 Å². The van der Waals surface area contributed by atoms with Crippen molar-refractivity contribution in [2.75, 3.05) is 24.2 Å². The van der Waals surface area contributed by atoms with Gasteiger partial charge in [0.1, 0.15) is 10.6 Å². The highest BCUT2D eigenvalue weighted by Crippen LogP contribution is 2.35. The maximum Gasteiger partial charge on any atom is 0.416 e. The van der Waals surface area contributed by atoms with Gasteiger partial charge in [-0.3, -0.25) is 19.1 Å². The van der Waals surface area contributed by atoms with Gasteiger partial charge in [-0.05, 0) is 75.2 Å². The molecule has 0 atom stereocenters. The monoisotopic (exact) mass is 602 g/mol. The van der Waals surface area contributed by atoms with Crippen LogP contribution in [0.5, 0.6) is 5.75 Å². The standard InChI is InChI=1S/C29H29F3N4O3S2/c1-4-39-21-10-8-20(9-11-21)36-27(38)25-22-12-13-35(17(2)3)15-23(22)41-26(25)34-28(36)40-16-24(37)33-19-7-5-6-18(14-19)29(30,31)32/h5-11,14,17H,4,12-13,15-16H2,1-3H3,(H,33,37). The normalized spacial score (nSPS) is 13.9. The molecule has 3 heterocycles. The molecule has 216 valence electrons. The van der Waals surface area contributed by atoms with Crippen LogP contribution in [0.1, 0.15) is 36.8 Å². The molecule has 12 heteroatoms. The number of alkyl halides is 3. The van der Waals surface area contributed by atoms with Crippen molar-refractivity contribution in [1.29, 1.82) is 0 Å². The van der Waals surface area contributed by atoms with Crippen LogP contribution in [0.3, 0.4) is 0 Å². The molecule has 0 fully saturated rings. The second-order valence-electron chi connectivity index (χ2n) is 9.88. The number of nitrogens with one attached hydrogen (secondary N) is 1. The number of thioether (sulfide) groups is 1. The topological polar surface area (TPSA) is 76.5 Å². The molecule has 1 amide bonds. The van der Waals surface area contributed by atoms with E-state index in [0.29, 0.717) is 39.5 Å². The maximum absolute atomic E-state index is 14.0. The average Bonchev–Trinajstić information content (AvgIpc) is 3.30. The van der Waals surface area contributed by atoms with Crippen LogP contribution >= 0.6 is 23.1 Å². The summed E-state index contributed by atoms with van der Waals surface area (Å²) in [5, 5.41) is 3.44. The van der Waals surface area contributed by atoms with Gasteiger partial charge < -0.3 is 10.1 Å². The third kappa shape index (κ3) is 6.29. The molecule has 1 aliphatic rings. The first-order valence-electron chi connectivity index (χ1n) is 13.2. The van der Waals surface area contributed by atoms with Crippen molar-refractivity contribution in [3.63, 3.8) is 0 Å². The lowest BCUT2D eigenvalue weighted by atomic mass is 10.0. The zero-order valence-electron chi connectivity index (χ0n) is 22.7. The molecule has 0 bridgehead atoms. The SMILES string of the molecule is CCOc1ccc(-n2c(SCC(=O)Nc3cccc(C(F)(F)F)c3)nc3sc4c(c3c2=O)CCN(C(C)C)C4)cc1. The minimum absolute atomic E-state index is 0.0402. The molecule has 2 aromatic heterocycles. The van der Waals surface area contributed by atoms with E-state index in [0.717, 1.165) is 53.8 Å². The fourth-order valence-corrected chi connectivity index (χ4v) is 6.87. The number of hydrogen-bond donors (Lipinski definition) is 1. The third-order valence-corrected chi connectivity index (χ3v) is 8.86. The first-order chi connectivity index (χ1) is 19.5. The number of rotatable bonds is 8. The second-order valence-corrected chi connectivity index (χ2v) is 11.9. The van der Waals surface area contributed by atoms with Crippen molar-refractivity contribution in [3.8, 4) is 11.4 Å². The maximum atomic E-state index is 14.0. The van der Waals surface area contributed by atoms with E-state index in [4.69, 9.17) is 9.72 Å². The van der Waals surface area contributed by atoms with E-state index >= 15 is 0 Å². The number of hydrogen-bond acceptors (Lipinski definition) is 7. The number of ether oxygens (including phenoxy) is 1. The molecular weight excluding hydrogens is 573 g/mol. The average molecular weight is 603 g/mol. The summed E-state index contributed by atoms with van der Waals surface area (Å²) >= 11 is 2.55. The summed E-state index contributed by atoms with van der Waals surface area (Å²) in [6.45, 7) is 8.28. The van der Waals surface area contributed by atoms with Gasteiger partial charge in [-0.2, -0.15) is 13.2 Å². The Morgan fingerprint density at radius 3 is 2.63 bits per heavy atom. The minimum Gasteiger partial charge on any atom is -0.494 e. The molecule has 1 aliphatic heterocycles. The van der Waals surface area contributed by atoms with Crippen molar-refractivity contribution in [2.24, 2.45) is 0 Å². The molecule has 2 aromatic carbocycles. The quantitative estimate of drug-likeness (QED) is 0.187. The number of carbonyl (C=O) groups is 1. The molecule has 0 unspecified atom stereocenters. The zero-order chi connectivity index (χ0) is 29.3. The fourth-order valence-electron chi connectivity index (χ4n) is 4.77. The van der Waals surface area contributed by atoms with E-state index in [1.54, 1.807) is 24.3 Å². The molecule has 5 rings (SSSR count). The Hall–Kier alpha value is -3.35. The molecule has 0 saturated heterocycles. The van der Waals surface area contributed by atoms with E-state index in [1.165, 1.54) is 28.0 Å². The summed E-state index contributed by atoms with van der Waals surface area (Å²) in [6, 6.07) is 11.9. The summed E-state index contributed by atoms with van der Waals surface area (Å²) in [4.78, 5) is 35.7. The van der Waals surface area contributed by atoms with Gasteiger partial charge in [0.2, 0.25) is 5.91 Å². The van der Waals surface area contributed by atoms with E-state index in [2.05, 4.69) is 24.1 Å². The van der Waals surface area contributed by atoms with Gasteiger partial charge >= 0.3 is 6.18 Å². The van der Waals surface area contributed by atoms with Crippen molar-refractivity contribution in [3.05, 3.63) is 74.9 Å². The van der Waals surface area contributed by atoms with Crippen molar-refractivity contribution in [1.82, 2.24) is 14.5 Å². The molecule has 41 heavy (non-hydrogen) atoms. The van der Waals surface area contributed by atoms with E-state index < -0.39 is 17.6 Å². The number of aromatic nitrogens is 2. The third-order valence-electron chi connectivity index (χ3n) is 6.82. The summed E-state index contributed by atoms with van der Waals surface area (Å²) in [5.41, 5.74) is 0.581. The highest BCUT2D eigenvalue weighted by atomic mass is 32.2. The Morgan fingerprint density at radius 1 is 1.20 bits per heavy atom. The lowest BCUT2D eigenvalue weighted by Crippen LogP contribution is -2.35. The number of anilines is 1. The second kappa shape index (κ2) is 11.9. The van der Waals surface area contributed by atoms with Crippen molar-refractivity contribution < 1.29 is 22.7 Å². The first-order valence-corrected chi connectivity index (χ1v) is 15.0. The van der Waals surface area contributed by atoms with Crippen LogP contribution in [-0.4, -0.2) is 45.3 Å². The first kappa shape index (κ1) is 29.2. The Morgan fingerprint density at radius 2 is 1.95 bits per heavy atom. The van der Waals surface area contributed by atoms with Crippen LogP contribution in [-0.2, 0) is 23.9 Å². The number of carbonyl (C=O) groups excluding carboxylic acids is 1. The molecule has 0 spiro atoms. The highest BCUT2D eigenvalue weighted by Gasteiger charge is 2.31. The zero-order valence-corrected chi connectivity index (χ0v) is 24.4. The molecule has 4 aromatic rings. The molecule has 0 aliphatic carbocycles. The number of halogens is 3. The smallest absolute Gasteiger partial charge is 0.416 e. The highest BCUT2D eigenvalue weighted by molar-refractivity contribution is 7.99. The molecule has 0 saturated carbocycles. The number of benzene rings is 2. The molecule has 0 radical (unpaired) electrons. The van der Waals surface area contributed by atoms with Gasteiger partial charge in [0.25, 0.3) is 5.56 Å². The Balaban J connectivity index is 1.48. The minimum atomic E-state index is -4.52. The van der Waals surface area contributed by atoms with Crippen LogP contribution in [0.25, 0.3) is 15.9 Å². The molecule has 1 N–H and O–H groups in total. The molecule has 7 nitrogen and oxygen atoms in total. The van der Waals surface area contributed by atoms with E-state index in [9.17, 15) is 22.8 Å². The Kier molecular flexibility index (Phi) is 8.44. The summed E-state index contributed by atoms with van der Waals surface area (Å²) < 4.78 is 46.3. The lowest BCUT2D eigenvalue weighted by molar-refractivity contribution is -0.137. The molecular formula is C29H29F3N4O3S2. The van der Waals surface area contributed by atoms with Crippen molar-refractivity contribution in [2.45, 2.75) is 51.1 Å². The Bertz CT molecular complexity index is 1630. The predicted molar refractivity (Wildman–Crippen MR) is 156 cm³/mol. The Labute approximate surface area is 243 Å². The van der Waals surface area contributed by atoms with Crippen LogP contribution in [0.2, 0.25) is 0 Å². The van der Waals surface area contributed by atoms with Gasteiger partial charge in [0.05, 0.1) is 29.0 Å². The van der Waals surface area contributed by atoms with Gasteiger partial charge in [0, 0.05) is 29.7 Å². The summed E-state index contributed by atoms with van der Waals surface area (Å²) in [5.74, 6) is -0.00749. The number of fused-ring (bicyclic) bond motifs is 3. The number of amides is 1. The predicted octanol–water partition coefficient (Wildman–Crippen LogP) is 6.36. The van der Waals surface area contributed by atoms with Crippen molar-refractivity contribution >= 4 is 44.9 Å². The van der Waals surface area contributed by atoms with Gasteiger partial charge in [-0.25, -0.2) is 4.98 Å².